The highest BCUT2D eigenvalue weighted by atomic mass is 19.4. The van der Waals surface area contributed by atoms with Crippen LogP contribution in [0.25, 0.3) is 0 Å². The molecule has 14 heavy (non-hydrogen) atoms. The third kappa shape index (κ3) is 3.37. The summed E-state index contributed by atoms with van der Waals surface area (Å²) in [5, 5.41) is 4.85. The van der Waals surface area contributed by atoms with Crippen molar-refractivity contribution in [1.82, 2.24) is 10.6 Å². The highest BCUT2D eigenvalue weighted by Crippen LogP contribution is 2.14. The van der Waals surface area contributed by atoms with Crippen molar-refractivity contribution in [3.05, 3.63) is 11.6 Å². The maximum Gasteiger partial charge on any atom is 0.471 e. The van der Waals surface area contributed by atoms with Crippen molar-refractivity contribution in [1.29, 1.82) is 0 Å². The number of rotatable bonds is 2. The van der Waals surface area contributed by atoms with Crippen molar-refractivity contribution in [2.45, 2.75) is 12.6 Å². The molecule has 0 saturated carbocycles. The zero-order chi connectivity index (χ0) is 10.6. The molecule has 3 nitrogen and oxygen atoms in total. The van der Waals surface area contributed by atoms with E-state index < -0.39 is 12.1 Å². The lowest BCUT2D eigenvalue weighted by Gasteiger charge is -2.15. The number of halogens is 3. The Morgan fingerprint density at radius 1 is 1.57 bits per heavy atom. The van der Waals surface area contributed by atoms with Gasteiger partial charge in [0.05, 0.1) is 0 Å². The summed E-state index contributed by atoms with van der Waals surface area (Å²) in [5.74, 6) is -1.88. The van der Waals surface area contributed by atoms with E-state index >= 15 is 0 Å². The maximum absolute atomic E-state index is 11.8. The first-order chi connectivity index (χ1) is 6.50. The van der Waals surface area contributed by atoms with Gasteiger partial charge in [0.2, 0.25) is 0 Å². The Balaban J connectivity index is 2.33. The van der Waals surface area contributed by atoms with E-state index in [0.29, 0.717) is 13.0 Å². The fourth-order valence-corrected chi connectivity index (χ4v) is 1.12. The molecule has 1 heterocycles. The molecule has 0 spiro atoms. The second-order valence-electron chi connectivity index (χ2n) is 3.00. The quantitative estimate of drug-likeness (QED) is 0.652. The highest BCUT2D eigenvalue weighted by Gasteiger charge is 2.38. The lowest BCUT2D eigenvalue weighted by molar-refractivity contribution is -0.173. The fraction of sp³-hybridized carbons (Fsp3) is 0.625. The summed E-state index contributed by atoms with van der Waals surface area (Å²) in [6.45, 7) is 1.38. The number of hydrogen-bond donors (Lipinski definition) is 2. The van der Waals surface area contributed by atoms with Crippen LogP contribution in [-0.4, -0.2) is 31.7 Å². The monoisotopic (exact) mass is 208 g/mol. The normalized spacial score (nSPS) is 17.5. The Bertz CT molecular complexity index is 247. The van der Waals surface area contributed by atoms with Crippen molar-refractivity contribution in [2.24, 2.45) is 0 Å². The van der Waals surface area contributed by atoms with Crippen LogP contribution in [-0.2, 0) is 4.79 Å². The first kappa shape index (κ1) is 11.0. The van der Waals surface area contributed by atoms with Crippen LogP contribution in [0.2, 0.25) is 0 Å². The molecule has 2 N–H and O–H groups in total. The van der Waals surface area contributed by atoms with E-state index in [1.165, 1.54) is 0 Å². The summed E-state index contributed by atoms with van der Waals surface area (Å²) in [6.07, 6.45) is -2.31. The Morgan fingerprint density at radius 3 is 2.79 bits per heavy atom. The zero-order valence-electron chi connectivity index (χ0n) is 7.45. The molecule has 1 aliphatic heterocycles. The molecule has 0 saturated heterocycles. The highest BCUT2D eigenvalue weighted by molar-refractivity contribution is 5.81. The molecule has 0 fully saturated rings. The first-order valence-electron chi connectivity index (χ1n) is 4.24. The lowest BCUT2D eigenvalue weighted by Crippen LogP contribution is -2.38. The van der Waals surface area contributed by atoms with Gasteiger partial charge in [-0.15, -0.1) is 0 Å². The molecule has 0 aromatic heterocycles. The molecule has 6 heteroatoms. The molecule has 0 radical (unpaired) electrons. The van der Waals surface area contributed by atoms with Crippen molar-refractivity contribution >= 4 is 5.91 Å². The number of carbonyl (C=O) groups is 1. The smallest absolute Gasteiger partial charge is 0.345 e. The van der Waals surface area contributed by atoms with Gasteiger partial charge in [-0.1, -0.05) is 11.6 Å². The first-order valence-corrected chi connectivity index (χ1v) is 4.24. The van der Waals surface area contributed by atoms with Crippen LogP contribution in [0.4, 0.5) is 13.2 Å². The van der Waals surface area contributed by atoms with Crippen LogP contribution in [0.5, 0.6) is 0 Å². The number of carbonyl (C=O) groups excluding carboxylic acids is 1. The SMILES string of the molecule is O=C(NCC1=CCNCC1)C(F)(F)F. The van der Waals surface area contributed by atoms with Crippen molar-refractivity contribution in [3.8, 4) is 0 Å². The predicted molar refractivity (Wildman–Crippen MR) is 44.6 cm³/mol. The molecular formula is C8H11F3N2O. The number of alkyl halides is 3. The van der Waals surface area contributed by atoms with Gasteiger partial charge in [-0.25, -0.2) is 0 Å². The Hall–Kier alpha value is -1.04. The summed E-state index contributed by atoms with van der Waals surface area (Å²) in [6, 6.07) is 0. The van der Waals surface area contributed by atoms with Crippen molar-refractivity contribution in [3.63, 3.8) is 0 Å². The Kier molecular flexibility index (Phi) is 3.51. The molecule has 80 valence electrons. The number of amides is 1. The van der Waals surface area contributed by atoms with Gasteiger partial charge >= 0.3 is 12.1 Å². The number of nitrogens with one attached hydrogen (secondary N) is 2. The lowest BCUT2D eigenvalue weighted by atomic mass is 10.1. The molecule has 0 aromatic carbocycles. The van der Waals surface area contributed by atoms with Crippen LogP contribution in [0.15, 0.2) is 11.6 Å². The molecule has 1 aliphatic rings. The average molecular weight is 208 g/mol. The number of hydrogen-bond acceptors (Lipinski definition) is 2. The van der Waals surface area contributed by atoms with Crippen LogP contribution in [0, 0.1) is 0 Å². The topological polar surface area (TPSA) is 41.1 Å². The van der Waals surface area contributed by atoms with Crippen LogP contribution in [0.3, 0.4) is 0 Å². The minimum atomic E-state index is -4.78. The predicted octanol–water partition coefficient (Wildman–Crippen LogP) is 0.585. The molecule has 0 atom stereocenters. The van der Waals surface area contributed by atoms with E-state index in [-0.39, 0.29) is 6.54 Å². The molecular weight excluding hydrogens is 197 g/mol. The summed E-state index contributed by atoms with van der Waals surface area (Å²) in [7, 11) is 0. The molecule has 0 aliphatic carbocycles. The average Bonchev–Trinajstić information content (AvgIpc) is 2.14. The summed E-state index contributed by atoms with van der Waals surface area (Å²) in [4.78, 5) is 10.4. The Labute approximate surface area is 79.4 Å². The molecule has 0 unspecified atom stereocenters. The van der Waals surface area contributed by atoms with E-state index in [4.69, 9.17) is 0 Å². The summed E-state index contributed by atoms with van der Waals surface area (Å²) < 4.78 is 35.3. The van der Waals surface area contributed by atoms with Crippen LogP contribution < -0.4 is 10.6 Å². The Morgan fingerprint density at radius 2 is 2.29 bits per heavy atom. The van der Waals surface area contributed by atoms with Crippen LogP contribution in [0.1, 0.15) is 6.42 Å². The van der Waals surface area contributed by atoms with Gasteiger partial charge in [-0.3, -0.25) is 4.79 Å². The van der Waals surface area contributed by atoms with Gasteiger partial charge in [-0.05, 0) is 13.0 Å². The minimum Gasteiger partial charge on any atom is -0.345 e. The van der Waals surface area contributed by atoms with Gasteiger partial charge in [0, 0.05) is 13.1 Å². The van der Waals surface area contributed by atoms with Gasteiger partial charge in [-0.2, -0.15) is 13.2 Å². The second-order valence-corrected chi connectivity index (χ2v) is 3.00. The van der Waals surface area contributed by atoms with E-state index in [1.807, 2.05) is 5.32 Å². The van der Waals surface area contributed by atoms with E-state index in [0.717, 1.165) is 12.1 Å². The van der Waals surface area contributed by atoms with Crippen LogP contribution >= 0.6 is 0 Å². The molecule has 1 rings (SSSR count). The second kappa shape index (κ2) is 4.45. The summed E-state index contributed by atoms with van der Waals surface area (Å²) >= 11 is 0. The standard InChI is InChI=1S/C8H11F3N2O/c9-8(10,11)7(14)13-5-6-1-3-12-4-2-6/h1,12H,2-5H2,(H,13,14). The largest absolute Gasteiger partial charge is 0.471 e. The van der Waals surface area contributed by atoms with E-state index in [1.54, 1.807) is 6.08 Å². The van der Waals surface area contributed by atoms with Gasteiger partial charge in [0.1, 0.15) is 0 Å². The zero-order valence-corrected chi connectivity index (χ0v) is 7.45. The van der Waals surface area contributed by atoms with Gasteiger partial charge in [0.25, 0.3) is 0 Å². The van der Waals surface area contributed by atoms with Crippen molar-refractivity contribution in [2.75, 3.05) is 19.6 Å². The van der Waals surface area contributed by atoms with E-state index in [2.05, 4.69) is 5.32 Å². The molecule has 1 amide bonds. The third-order valence-electron chi connectivity index (χ3n) is 1.89. The van der Waals surface area contributed by atoms with Crippen molar-refractivity contribution < 1.29 is 18.0 Å². The molecule has 0 aromatic rings. The third-order valence-corrected chi connectivity index (χ3v) is 1.89. The van der Waals surface area contributed by atoms with Gasteiger partial charge in [0.15, 0.2) is 0 Å². The fourth-order valence-electron chi connectivity index (χ4n) is 1.12. The minimum absolute atomic E-state index is 0.0139. The maximum atomic E-state index is 11.8. The van der Waals surface area contributed by atoms with E-state index in [9.17, 15) is 18.0 Å². The van der Waals surface area contributed by atoms with Gasteiger partial charge < -0.3 is 10.6 Å². The molecule has 0 bridgehead atoms. The summed E-state index contributed by atoms with van der Waals surface area (Å²) in [5.41, 5.74) is 0.835.